The number of carbonyl (C=O) groups excluding carboxylic acids is 3. The van der Waals surface area contributed by atoms with Crippen LogP contribution < -0.4 is 15.0 Å². The van der Waals surface area contributed by atoms with Gasteiger partial charge in [-0.2, -0.15) is 0 Å². The molecule has 0 unspecified atom stereocenters. The molecule has 0 spiro atoms. The average Bonchev–Trinajstić information content (AvgIpc) is 2.85. The van der Waals surface area contributed by atoms with Gasteiger partial charge < -0.3 is 14.8 Å². The Kier molecular flexibility index (Phi) is 6.72. The molecule has 7 nitrogen and oxygen atoms in total. The summed E-state index contributed by atoms with van der Waals surface area (Å²) >= 11 is 5.96. The van der Waals surface area contributed by atoms with Gasteiger partial charge in [-0.05, 0) is 36.8 Å². The lowest BCUT2D eigenvalue weighted by atomic mass is 10.1. The lowest BCUT2D eigenvalue weighted by Crippen LogP contribution is -2.38. The molecule has 2 aromatic carbocycles. The molecule has 0 aliphatic carbocycles. The minimum atomic E-state index is -0.680. The Morgan fingerprint density at radius 2 is 2.03 bits per heavy atom. The zero-order valence-electron chi connectivity index (χ0n) is 15.9. The first-order chi connectivity index (χ1) is 13.9. The number of ether oxygens (including phenoxy) is 2. The maximum atomic E-state index is 12.3. The summed E-state index contributed by atoms with van der Waals surface area (Å²) in [4.78, 5) is 38.0. The molecule has 1 heterocycles. The van der Waals surface area contributed by atoms with E-state index in [4.69, 9.17) is 21.1 Å². The lowest BCUT2D eigenvalue weighted by molar-refractivity contribution is -0.147. The molecule has 2 aromatic rings. The van der Waals surface area contributed by atoms with Gasteiger partial charge in [0.2, 0.25) is 5.91 Å². The van der Waals surface area contributed by atoms with Crippen LogP contribution in [0.4, 0.5) is 5.69 Å². The number of hydrogen-bond donors (Lipinski definition) is 1. The van der Waals surface area contributed by atoms with Crippen molar-refractivity contribution in [1.29, 1.82) is 0 Å². The van der Waals surface area contributed by atoms with Crippen LogP contribution in [0.3, 0.4) is 0 Å². The minimum Gasteiger partial charge on any atom is -0.491 e. The Bertz CT molecular complexity index is 917. The molecule has 1 aliphatic rings. The van der Waals surface area contributed by atoms with Crippen molar-refractivity contribution >= 4 is 35.1 Å². The normalized spacial score (nSPS) is 14.3. The highest BCUT2D eigenvalue weighted by Crippen LogP contribution is 2.30. The quantitative estimate of drug-likeness (QED) is 0.732. The van der Waals surface area contributed by atoms with E-state index in [1.807, 2.05) is 6.07 Å². The monoisotopic (exact) mass is 416 g/mol. The van der Waals surface area contributed by atoms with Gasteiger partial charge in [-0.25, -0.2) is 0 Å². The van der Waals surface area contributed by atoms with E-state index in [2.05, 4.69) is 5.32 Å². The van der Waals surface area contributed by atoms with E-state index >= 15 is 0 Å². The minimum absolute atomic E-state index is 0.152. The van der Waals surface area contributed by atoms with Gasteiger partial charge in [0.25, 0.3) is 5.91 Å². The second-order valence-electron chi connectivity index (χ2n) is 6.55. The fourth-order valence-corrected chi connectivity index (χ4v) is 3.16. The second kappa shape index (κ2) is 9.43. The summed E-state index contributed by atoms with van der Waals surface area (Å²) < 4.78 is 10.6. The smallest absolute Gasteiger partial charge is 0.326 e. The Hall–Kier alpha value is -3.06. The van der Waals surface area contributed by atoms with Crippen LogP contribution in [-0.2, 0) is 19.1 Å². The van der Waals surface area contributed by atoms with E-state index in [1.165, 1.54) is 4.90 Å². The molecule has 0 saturated carbocycles. The van der Waals surface area contributed by atoms with E-state index in [1.54, 1.807) is 49.4 Å². The van der Waals surface area contributed by atoms with Crippen LogP contribution in [0, 0.1) is 0 Å². The predicted molar refractivity (Wildman–Crippen MR) is 108 cm³/mol. The summed E-state index contributed by atoms with van der Waals surface area (Å²) in [7, 11) is 0. The van der Waals surface area contributed by atoms with Crippen molar-refractivity contribution in [3.8, 4) is 5.75 Å². The molecular weight excluding hydrogens is 396 g/mol. The largest absolute Gasteiger partial charge is 0.491 e. The van der Waals surface area contributed by atoms with E-state index in [-0.39, 0.29) is 31.5 Å². The highest BCUT2D eigenvalue weighted by molar-refractivity contribution is 6.30. The molecule has 0 bridgehead atoms. The summed E-state index contributed by atoms with van der Waals surface area (Å²) in [6.45, 7) is 1.31. The number of amides is 2. The van der Waals surface area contributed by atoms with Crippen molar-refractivity contribution in [2.75, 3.05) is 24.7 Å². The van der Waals surface area contributed by atoms with Crippen LogP contribution in [0.15, 0.2) is 48.5 Å². The molecule has 1 N–H and O–H groups in total. The highest BCUT2D eigenvalue weighted by Gasteiger charge is 2.26. The molecular formula is C21H21ClN2O5. The van der Waals surface area contributed by atoms with Crippen molar-refractivity contribution in [2.24, 2.45) is 0 Å². The Morgan fingerprint density at radius 3 is 2.83 bits per heavy atom. The van der Waals surface area contributed by atoms with Crippen molar-refractivity contribution < 1.29 is 23.9 Å². The van der Waals surface area contributed by atoms with E-state index in [0.29, 0.717) is 16.5 Å². The summed E-state index contributed by atoms with van der Waals surface area (Å²) in [5.41, 5.74) is 1.34. The molecule has 2 amide bonds. The van der Waals surface area contributed by atoms with E-state index in [9.17, 15) is 14.4 Å². The number of anilines is 1. The van der Waals surface area contributed by atoms with Crippen LogP contribution in [0.2, 0.25) is 5.02 Å². The van der Waals surface area contributed by atoms with Gasteiger partial charge in [-0.15, -0.1) is 0 Å². The second-order valence-corrected chi connectivity index (χ2v) is 6.99. The fourth-order valence-electron chi connectivity index (χ4n) is 2.96. The van der Waals surface area contributed by atoms with Crippen molar-refractivity contribution in [3.05, 3.63) is 59.1 Å². The summed E-state index contributed by atoms with van der Waals surface area (Å²) in [6, 6.07) is 13.8. The Labute approximate surface area is 173 Å². The van der Waals surface area contributed by atoms with Crippen LogP contribution in [0.25, 0.3) is 0 Å². The SMILES string of the molecule is C[C@H](NC(=O)COC(=O)CN1C(=O)CCOc2ccccc21)c1cccc(Cl)c1. The number of para-hydroxylation sites is 2. The number of benzene rings is 2. The van der Waals surface area contributed by atoms with Crippen molar-refractivity contribution in [3.63, 3.8) is 0 Å². The molecule has 3 rings (SSSR count). The van der Waals surface area contributed by atoms with E-state index in [0.717, 1.165) is 5.56 Å². The third kappa shape index (κ3) is 5.48. The van der Waals surface area contributed by atoms with Crippen LogP contribution in [0.5, 0.6) is 5.75 Å². The standard InChI is InChI=1S/C21H21ClN2O5/c1-14(15-5-4-6-16(22)11-15)23-19(25)13-29-21(27)12-24-17-7-2-3-8-18(17)28-10-9-20(24)26/h2-8,11,14H,9-10,12-13H2,1H3,(H,23,25)/t14-/m0/s1. The van der Waals surface area contributed by atoms with Gasteiger partial charge in [0.1, 0.15) is 12.3 Å². The lowest BCUT2D eigenvalue weighted by Gasteiger charge is -2.21. The average molecular weight is 417 g/mol. The molecule has 152 valence electrons. The van der Waals surface area contributed by atoms with Crippen LogP contribution in [-0.4, -0.2) is 37.5 Å². The summed E-state index contributed by atoms with van der Waals surface area (Å²) in [5, 5.41) is 3.31. The predicted octanol–water partition coefficient (Wildman–Crippen LogP) is 2.88. The topological polar surface area (TPSA) is 84.9 Å². The first kappa shape index (κ1) is 20.7. The molecule has 1 atom stereocenters. The molecule has 29 heavy (non-hydrogen) atoms. The first-order valence-electron chi connectivity index (χ1n) is 9.16. The molecule has 0 radical (unpaired) electrons. The van der Waals surface area contributed by atoms with Gasteiger partial charge in [0.15, 0.2) is 6.61 Å². The molecule has 0 aromatic heterocycles. The van der Waals surface area contributed by atoms with Crippen LogP contribution >= 0.6 is 11.6 Å². The van der Waals surface area contributed by atoms with E-state index < -0.39 is 18.5 Å². The summed E-state index contributed by atoms with van der Waals surface area (Å²) in [5.74, 6) is -0.845. The third-order valence-electron chi connectivity index (χ3n) is 4.41. The van der Waals surface area contributed by atoms with Gasteiger partial charge >= 0.3 is 5.97 Å². The van der Waals surface area contributed by atoms with Crippen molar-refractivity contribution in [2.45, 2.75) is 19.4 Å². The Balaban J connectivity index is 1.54. The number of nitrogens with one attached hydrogen (secondary N) is 1. The number of hydrogen-bond acceptors (Lipinski definition) is 5. The van der Waals surface area contributed by atoms with Gasteiger partial charge in [-0.3, -0.25) is 19.3 Å². The number of halogens is 1. The molecule has 1 aliphatic heterocycles. The van der Waals surface area contributed by atoms with Gasteiger partial charge in [0.05, 0.1) is 24.8 Å². The number of rotatable bonds is 6. The molecule has 0 saturated heterocycles. The summed E-state index contributed by atoms with van der Waals surface area (Å²) in [6.07, 6.45) is 0.152. The van der Waals surface area contributed by atoms with Gasteiger partial charge in [-0.1, -0.05) is 35.9 Å². The Morgan fingerprint density at radius 1 is 1.24 bits per heavy atom. The zero-order chi connectivity index (χ0) is 20.8. The maximum absolute atomic E-state index is 12.3. The molecule has 8 heteroatoms. The number of fused-ring (bicyclic) bond motifs is 1. The number of esters is 1. The number of carbonyl (C=O) groups is 3. The van der Waals surface area contributed by atoms with Crippen LogP contribution in [0.1, 0.15) is 24.9 Å². The highest BCUT2D eigenvalue weighted by atomic mass is 35.5. The maximum Gasteiger partial charge on any atom is 0.326 e. The fraction of sp³-hybridized carbons (Fsp3) is 0.286. The molecule has 0 fully saturated rings. The van der Waals surface area contributed by atoms with Gasteiger partial charge in [0, 0.05) is 5.02 Å². The zero-order valence-corrected chi connectivity index (χ0v) is 16.6. The van der Waals surface area contributed by atoms with Crippen molar-refractivity contribution in [1.82, 2.24) is 5.32 Å². The first-order valence-corrected chi connectivity index (χ1v) is 9.54. The third-order valence-corrected chi connectivity index (χ3v) is 4.64. The number of nitrogens with zero attached hydrogens (tertiary/aromatic N) is 1.